The molecule has 1 saturated heterocycles. The van der Waals surface area contributed by atoms with Crippen LogP contribution in [0.3, 0.4) is 0 Å². The van der Waals surface area contributed by atoms with Crippen molar-refractivity contribution in [2.75, 3.05) is 11.4 Å². The van der Waals surface area contributed by atoms with Gasteiger partial charge in [-0.3, -0.25) is 4.79 Å². The summed E-state index contributed by atoms with van der Waals surface area (Å²) in [5.41, 5.74) is 0.304. The average Bonchev–Trinajstić information content (AvgIpc) is 3.28. The van der Waals surface area contributed by atoms with Gasteiger partial charge < -0.3 is 9.42 Å². The van der Waals surface area contributed by atoms with Crippen molar-refractivity contribution in [1.82, 2.24) is 10.1 Å². The van der Waals surface area contributed by atoms with Crippen LogP contribution in [0, 0.1) is 0 Å². The third-order valence-electron chi connectivity index (χ3n) is 4.51. The fraction of sp³-hybridized carbons (Fsp3) is 0.211. The molecule has 1 aromatic heterocycles. The minimum Gasteiger partial charge on any atom is -0.334 e. The molecule has 1 amide bonds. The van der Waals surface area contributed by atoms with E-state index in [0.29, 0.717) is 22.1 Å². The lowest BCUT2D eigenvalue weighted by Gasteiger charge is -2.17. The first-order valence-corrected chi connectivity index (χ1v) is 8.76. The van der Waals surface area contributed by atoms with Gasteiger partial charge in [0.2, 0.25) is 5.91 Å². The molecule has 1 fully saturated rings. The van der Waals surface area contributed by atoms with Gasteiger partial charge >= 0.3 is 6.18 Å². The molecule has 0 aliphatic carbocycles. The summed E-state index contributed by atoms with van der Waals surface area (Å²) in [6, 6.07) is 11.4. The average molecular weight is 408 g/mol. The van der Waals surface area contributed by atoms with E-state index < -0.39 is 11.7 Å². The summed E-state index contributed by atoms with van der Waals surface area (Å²) in [5, 5.41) is 4.49. The van der Waals surface area contributed by atoms with E-state index in [2.05, 4.69) is 10.1 Å². The van der Waals surface area contributed by atoms with Crippen LogP contribution in [0.15, 0.2) is 53.1 Å². The second kappa shape index (κ2) is 6.94. The highest BCUT2D eigenvalue weighted by Crippen LogP contribution is 2.34. The molecular formula is C19H13ClF3N3O2. The van der Waals surface area contributed by atoms with Gasteiger partial charge in [-0.2, -0.15) is 18.2 Å². The first kappa shape index (κ1) is 18.5. The van der Waals surface area contributed by atoms with Gasteiger partial charge in [0.25, 0.3) is 5.89 Å². The lowest BCUT2D eigenvalue weighted by molar-refractivity contribution is -0.137. The summed E-state index contributed by atoms with van der Waals surface area (Å²) in [7, 11) is 0. The molecule has 28 heavy (non-hydrogen) atoms. The Kier molecular flexibility index (Phi) is 4.58. The van der Waals surface area contributed by atoms with Crippen molar-refractivity contribution in [3.63, 3.8) is 0 Å². The molecule has 0 radical (unpaired) electrons. The number of carbonyl (C=O) groups excluding carboxylic acids is 1. The molecule has 144 valence electrons. The van der Waals surface area contributed by atoms with Crippen molar-refractivity contribution in [2.24, 2.45) is 0 Å². The fourth-order valence-corrected chi connectivity index (χ4v) is 3.29. The Labute approximate surface area is 162 Å². The summed E-state index contributed by atoms with van der Waals surface area (Å²) in [4.78, 5) is 18.1. The summed E-state index contributed by atoms with van der Waals surface area (Å²) in [6.07, 6.45) is -4.27. The van der Waals surface area contributed by atoms with Crippen LogP contribution in [-0.2, 0) is 11.0 Å². The van der Waals surface area contributed by atoms with Crippen molar-refractivity contribution in [2.45, 2.75) is 18.5 Å². The summed E-state index contributed by atoms with van der Waals surface area (Å²) in [6.45, 7) is 0.263. The van der Waals surface area contributed by atoms with Crippen molar-refractivity contribution >= 4 is 23.2 Å². The van der Waals surface area contributed by atoms with Gasteiger partial charge in [0.1, 0.15) is 0 Å². The minimum absolute atomic E-state index is 0.148. The molecule has 4 rings (SSSR count). The minimum atomic E-state index is -4.42. The summed E-state index contributed by atoms with van der Waals surface area (Å²) in [5.74, 6) is 0.140. The number of halogens is 4. The molecule has 1 aliphatic heterocycles. The van der Waals surface area contributed by atoms with Crippen LogP contribution in [0.4, 0.5) is 18.9 Å². The molecule has 0 saturated carbocycles. The summed E-state index contributed by atoms with van der Waals surface area (Å²) >= 11 is 5.96. The van der Waals surface area contributed by atoms with Gasteiger partial charge in [0.05, 0.1) is 5.56 Å². The number of nitrogens with zero attached hydrogens (tertiary/aromatic N) is 3. The monoisotopic (exact) mass is 407 g/mol. The number of aromatic nitrogens is 2. The smallest absolute Gasteiger partial charge is 0.334 e. The summed E-state index contributed by atoms with van der Waals surface area (Å²) < 4.78 is 43.4. The molecule has 1 unspecified atom stereocenters. The van der Waals surface area contributed by atoms with Gasteiger partial charge in [-0.1, -0.05) is 22.8 Å². The number of rotatable bonds is 3. The highest BCUT2D eigenvalue weighted by atomic mass is 35.5. The zero-order valence-corrected chi connectivity index (χ0v) is 15.0. The molecule has 3 aromatic rings. The largest absolute Gasteiger partial charge is 0.416 e. The third-order valence-corrected chi connectivity index (χ3v) is 4.74. The Morgan fingerprint density at radius 3 is 2.57 bits per heavy atom. The van der Waals surface area contributed by atoms with E-state index in [1.165, 1.54) is 17.0 Å². The molecule has 5 nitrogen and oxygen atoms in total. The number of hydrogen-bond acceptors (Lipinski definition) is 4. The molecule has 0 spiro atoms. The number of hydrogen-bond donors (Lipinski definition) is 0. The highest BCUT2D eigenvalue weighted by molar-refractivity contribution is 6.30. The second-order valence-electron chi connectivity index (χ2n) is 6.42. The number of amides is 1. The van der Waals surface area contributed by atoms with Gasteiger partial charge in [-0.15, -0.1) is 0 Å². The van der Waals surface area contributed by atoms with E-state index in [-0.39, 0.29) is 30.7 Å². The van der Waals surface area contributed by atoms with Crippen molar-refractivity contribution < 1.29 is 22.5 Å². The normalized spacial score (nSPS) is 17.4. The van der Waals surface area contributed by atoms with E-state index in [9.17, 15) is 18.0 Å². The standard InChI is InChI=1S/C19H13ClF3N3O2/c20-14-3-1-2-11(8-14)18-24-17(25-28-18)12-9-16(27)26(10-12)15-6-4-13(5-7-15)19(21,22)23/h1-8,12H,9-10H2. The molecule has 2 heterocycles. The SMILES string of the molecule is O=C1CC(c2noc(-c3cccc(Cl)c3)n2)CN1c1ccc(C(F)(F)F)cc1. The fourth-order valence-electron chi connectivity index (χ4n) is 3.10. The molecule has 0 N–H and O–H groups in total. The van der Waals surface area contributed by atoms with Crippen LogP contribution in [0.2, 0.25) is 5.02 Å². The Morgan fingerprint density at radius 1 is 1.14 bits per heavy atom. The van der Waals surface area contributed by atoms with Crippen LogP contribution >= 0.6 is 11.6 Å². The maximum Gasteiger partial charge on any atom is 0.416 e. The van der Waals surface area contributed by atoms with Crippen LogP contribution < -0.4 is 4.90 Å². The lowest BCUT2D eigenvalue weighted by atomic mass is 10.1. The number of alkyl halides is 3. The first-order valence-electron chi connectivity index (χ1n) is 8.38. The maximum atomic E-state index is 12.7. The number of anilines is 1. The molecule has 1 atom stereocenters. The van der Waals surface area contributed by atoms with Crippen LogP contribution in [0.5, 0.6) is 0 Å². The molecule has 1 aliphatic rings. The van der Waals surface area contributed by atoms with Gasteiger partial charge in [0, 0.05) is 35.2 Å². The van der Waals surface area contributed by atoms with Crippen molar-refractivity contribution in [3.8, 4) is 11.5 Å². The maximum absolute atomic E-state index is 12.7. The van der Waals surface area contributed by atoms with Crippen LogP contribution in [0.25, 0.3) is 11.5 Å². The van der Waals surface area contributed by atoms with Gasteiger partial charge in [-0.05, 0) is 42.5 Å². The third kappa shape index (κ3) is 3.60. The highest BCUT2D eigenvalue weighted by Gasteiger charge is 2.35. The van der Waals surface area contributed by atoms with E-state index in [1.54, 1.807) is 24.3 Å². The Hall–Kier alpha value is -2.87. The topological polar surface area (TPSA) is 59.2 Å². The quantitative estimate of drug-likeness (QED) is 0.617. The molecule has 0 bridgehead atoms. The van der Waals surface area contributed by atoms with Crippen molar-refractivity contribution in [1.29, 1.82) is 0 Å². The first-order chi connectivity index (χ1) is 13.3. The lowest BCUT2D eigenvalue weighted by Crippen LogP contribution is -2.24. The van der Waals surface area contributed by atoms with Gasteiger partial charge in [0.15, 0.2) is 5.82 Å². The zero-order valence-electron chi connectivity index (χ0n) is 14.3. The zero-order chi connectivity index (χ0) is 19.9. The van der Waals surface area contributed by atoms with E-state index in [1.807, 2.05) is 0 Å². The van der Waals surface area contributed by atoms with Crippen molar-refractivity contribution in [3.05, 3.63) is 64.9 Å². The Balaban J connectivity index is 1.52. The van der Waals surface area contributed by atoms with Crippen LogP contribution in [-0.4, -0.2) is 22.6 Å². The second-order valence-corrected chi connectivity index (χ2v) is 6.85. The van der Waals surface area contributed by atoms with Crippen LogP contribution in [0.1, 0.15) is 23.7 Å². The number of benzene rings is 2. The molecule has 9 heteroatoms. The predicted molar refractivity (Wildman–Crippen MR) is 95.9 cm³/mol. The Morgan fingerprint density at radius 2 is 1.89 bits per heavy atom. The number of carbonyl (C=O) groups is 1. The molecule has 2 aromatic carbocycles. The Bertz CT molecular complexity index is 1020. The molecular weight excluding hydrogens is 395 g/mol. The van der Waals surface area contributed by atoms with E-state index in [0.717, 1.165) is 12.1 Å². The van der Waals surface area contributed by atoms with E-state index >= 15 is 0 Å². The van der Waals surface area contributed by atoms with E-state index in [4.69, 9.17) is 16.1 Å². The van der Waals surface area contributed by atoms with Gasteiger partial charge in [-0.25, -0.2) is 0 Å². The predicted octanol–water partition coefficient (Wildman–Crippen LogP) is 4.93.